The summed E-state index contributed by atoms with van der Waals surface area (Å²) in [5.41, 5.74) is 1.76. The van der Waals surface area contributed by atoms with Gasteiger partial charge in [0.05, 0.1) is 13.0 Å². The molecule has 0 radical (unpaired) electrons. The normalized spacial score (nSPS) is 14.1. The van der Waals surface area contributed by atoms with Gasteiger partial charge in [-0.25, -0.2) is 0 Å². The summed E-state index contributed by atoms with van der Waals surface area (Å²) in [6.45, 7) is 6.37. The van der Waals surface area contributed by atoms with Crippen LogP contribution in [0.4, 0.5) is 0 Å². The van der Waals surface area contributed by atoms with Gasteiger partial charge in [0, 0.05) is 6.42 Å². The van der Waals surface area contributed by atoms with Crippen molar-refractivity contribution in [2.45, 2.75) is 39.2 Å². The van der Waals surface area contributed by atoms with Gasteiger partial charge in [0.1, 0.15) is 11.4 Å². The number of hydrogen-bond acceptors (Lipinski definition) is 3. The highest BCUT2D eigenvalue weighted by Crippen LogP contribution is 2.26. The highest BCUT2D eigenvalue weighted by Gasteiger charge is 2.18. The van der Waals surface area contributed by atoms with Crippen molar-refractivity contribution in [2.75, 3.05) is 6.61 Å². The molecule has 0 saturated carbocycles. The van der Waals surface area contributed by atoms with Gasteiger partial charge in [0.2, 0.25) is 0 Å². The fourth-order valence-corrected chi connectivity index (χ4v) is 1.89. The van der Waals surface area contributed by atoms with E-state index in [1.165, 1.54) is 5.56 Å². The summed E-state index contributed by atoms with van der Waals surface area (Å²) in [6, 6.07) is 5.89. The van der Waals surface area contributed by atoms with Crippen molar-refractivity contribution < 1.29 is 14.3 Å². The highest BCUT2D eigenvalue weighted by molar-refractivity contribution is 5.73. The molecule has 0 atom stereocenters. The first-order chi connectivity index (χ1) is 7.94. The Kier molecular flexibility index (Phi) is 3.09. The minimum absolute atomic E-state index is 0.184. The molecule has 92 valence electrons. The average Bonchev–Trinajstić information content (AvgIpc) is 2.61. The Morgan fingerprint density at radius 3 is 2.88 bits per heavy atom. The lowest BCUT2D eigenvalue weighted by Crippen LogP contribution is -2.24. The molecule has 0 unspecified atom stereocenters. The van der Waals surface area contributed by atoms with Crippen LogP contribution in [0.15, 0.2) is 18.2 Å². The number of hydrogen-bond donors (Lipinski definition) is 0. The van der Waals surface area contributed by atoms with Gasteiger partial charge in [-0.15, -0.1) is 0 Å². The average molecular weight is 234 g/mol. The Hall–Kier alpha value is -1.51. The largest absolute Gasteiger partial charge is 0.493 e. The van der Waals surface area contributed by atoms with Crippen LogP contribution in [0.2, 0.25) is 0 Å². The second kappa shape index (κ2) is 4.40. The van der Waals surface area contributed by atoms with E-state index in [1.54, 1.807) is 0 Å². The van der Waals surface area contributed by atoms with Crippen LogP contribution >= 0.6 is 0 Å². The predicted molar refractivity (Wildman–Crippen MR) is 65.2 cm³/mol. The maximum Gasteiger partial charge on any atom is 0.310 e. The molecule has 3 nitrogen and oxygen atoms in total. The van der Waals surface area contributed by atoms with E-state index in [0.717, 1.165) is 24.3 Å². The summed E-state index contributed by atoms with van der Waals surface area (Å²) in [5, 5.41) is 0. The Bertz CT molecular complexity index is 430. The SMILES string of the molecule is CC(C)(C)OC(=O)Cc1ccc2c(c1)CCO2. The van der Waals surface area contributed by atoms with Crippen LogP contribution in [-0.2, 0) is 22.4 Å². The van der Waals surface area contributed by atoms with Crippen LogP contribution in [0.25, 0.3) is 0 Å². The van der Waals surface area contributed by atoms with Crippen molar-refractivity contribution in [3.8, 4) is 5.75 Å². The zero-order valence-corrected chi connectivity index (χ0v) is 10.6. The topological polar surface area (TPSA) is 35.5 Å². The maximum absolute atomic E-state index is 11.7. The third kappa shape index (κ3) is 3.22. The first-order valence-electron chi connectivity index (χ1n) is 5.90. The Morgan fingerprint density at radius 2 is 2.18 bits per heavy atom. The molecule has 1 aliphatic heterocycles. The van der Waals surface area contributed by atoms with Crippen molar-refractivity contribution in [2.24, 2.45) is 0 Å². The summed E-state index contributed by atoms with van der Waals surface area (Å²) in [5.74, 6) is 0.759. The Balaban J connectivity index is 2.02. The first kappa shape index (κ1) is 12.0. The molecule has 0 bridgehead atoms. The minimum Gasteiger partial charge on any atom is -0.493 e. The van der Waals surface area contributed by atoms with Gasteiger partial charge in [-0.1, -0.05) is 12.1 Å². The Labute approximate surface area is 102 Å². The molecule has 1 aromatic carbocycles. The fourth-order valence-electron chi connectivity index (χ4n) is 1.89. The summed E-state index contributed by atoms with van der Waals surface area (Å²) in [7, 11) is 0. The number of ether oxygens (including phenoxy) is 2. The second-order valence-corrected chi connectivity index (χ2v) is 5.30. The third-order valence-electron chi connectivity index (χ3n) is 2.52. The lowest BCUT2D eigenvalue weighted by Gasteiger charge is -2.19. The molecule has 0 aromatic heterocycles. The zero-order chi connectivity index (χ0) is 12.5. The molecular weight excluding hydrogens is 216 g/mol. The molecule has 0 saturated heterocycles. The van der Waals surface area contributed by atoms with Crippen molar-refractivity contribution in [1.82, 2.24) is 0 Å². The summed E-state index contributed by atoms with van der Waals surface area (Å²) in [6.07, 6.45) is 1.25. The molecule has 0 fully saturated rings. The van der Waals surface area contributed by atoms with Gasteiger partial charge < -0.3 is 9.47 Å². The van der Waals surface area contributed by atoms with E-state index >= 15 is 0 Å². The van der Waals surface area contributed by atoms with Gasteiger partial charge in [-0.2, -0.15) is 0 Å². The van der Waals surface area contributed by atoms with Gasteiger partial charge in [-0.05, 0) is 38.0 Å². The molecule has 0 amide bonds. The van der Waals surface area contributed by atoms with E-state index in [0.29, 0.717) is 6.42 Å². The van der Waals surface area contributed by atoms with Gasteiger partial charge in [0.25, 0.3) is 0 Å². The van der Waals surface area contributed by atoms with Crippen molar-refractivity contribution >= 4 is 5.97 Å². The zero-order valence-electron chi connectivity index (χ0n) is 10.6. The van der Waals surface area contributed by atoms with Crippen LogP contribution in [0.5, 0.6) is 5.75 Å². The molecule has 1 aliphatic rings. The molecule has 1 aromatic rings. The minimum atomic E-state index is -0.420. The quantitative estimate of drug-likeness (QED) is 0.737. The number of benzene rings is 1. The van der Waals surface area contributed by atoms with Crippen LogP contribution in [-0.4, -0.2) is 18.2 Å². The second-order valence-electron chi connectivity index (χ2n) is 5.30. The molecular formula is C14H18O3. The first-order valence-corrected chi connectivity index (χ1v) is 5.90. The van der Waals surface area contributed by atoms with Crippen LogP contribution in [0.3, 0.4) is 0 Å². The van der Waals surface area contributed by atoms with E-state index in [4.69, 9.17) is 9.47 Å². The lowest BCUT2D eigenvalue weighted by molar-refractivity contribution is -0.153. The standard InChI is InChI=1S/C14H18O3/c1-14(2,3)17-13(15)9-10-4-5-12-11(8-10)6-7-16-12/h4-5,8H,6-7,9H2,1-3H3. The Morgan fingerprint density at radius 1 is 1.41 bits per heavy atom. The van der Waals surface area contributed by atoms with E-state index in [-0.39, 0.29) is 5.97 Å². The van der Waals surface area contributed by atoms with Gasteiger partial charge >= 0.3 is 5.97 Å². The maximum atomic E-state index is 11.7. The van der Waals surface area contributed by atoms with Crippen molar-refractivity contribution in [1.29, 1.82) is 0 Å². The number of esters is 1. The fraction of sp³-hybridized carbons (Fsp3) is 0.500. The van der Waals surface area contributed by atoms with E-state index < -0.39 is 5.60 Å². The molecule has 0 N–H and O–H groups in total. The number of fused-ring (bicyclic) bond motifs is 1. The molecule has 0 aliphatic carbocycles. The molecule has 17 heavy (non-hydrogen) atoms. The summed E-state index contributed by atoms with van der Waals surface area (Å²) in [4.78, 5) is 11.7. The van der Waals surface area contributed by atoms with E-state index in [1.807, 2.05) is 39.0 Å². The number of carbonyl (C=O) groups excluding carboxylic acids is 1. The number of carbonyl (C=O) groups is 1. The highest BCUT2D eigenvalue weighted by atomic mass is 16.6. The molecule has 0 spiro atoms. The lowest BCUT2D eigenvalue weighted by atomic mass is 10.1. The van der Waals surface area contributed by atoms with E-state index in [9.17, 15) is 4.79 Å². The van der Waals surface area contributed by atoms with Crippen LogP contribution in [0.1, 0.15) is 31.9 Å². The van der Waals surface area contributed by atoms with Crippen molar-refractivity contribution in [3.63, 3.8) is 0 Å². The van der Waals surface area contributed by atoms with Crippen molar-refractivity contribution in [3.05, 3.63) is 29.3 Å². The molecule has 1 heterocycles. The third-order valence-corrected chi connectivity index (χ3v) is 2.52. The smallest absolute Gasteiger partial charge is 0.310 e. The monoisotopic (exact) mass is 234 g/mol. The predicted octanol–water partition coefficient (Wildman–Crippen LogP) is 2.51. The number of rotatable bonds is 2. The van der Waals surface area contributed by atoms with E-state index in [2.05, 4.69) is 0 Å². The van der Waals surface area contributed by atoms with Gasteiger partial charge in [-0.3, -0.25) is 4.79 Å². The van der Waals surface area contributed by atoms with Crippen LogP contribution in [0, 0.1) is 0 Å². The molecule has 3 heteroatoms. The summed E-state index contributed by atoms with van der Waals surface area (Å²) < 4.78 is 10.7. The summed E-state index contributed by atoms with van der Waals surface area (Å²) >= 11 is 0. The van der Waals surface area contributed by atoms with Gasteiger partial charge in [0.15, 0.2) is 0 Å². The molecule has 2 rings (SSSR count). The van der Waals surface area contributed by atoms with Crippen LogP contribution < -0.4 is 4.74 Å².